The minimum atomic E-state index is -0.501. The lowest BCUT2D eigenvalue weighted by Crippen LogP contribution is -2.33. The number of carbonyl (C=O) groups excluding carboxylic acids is 2. The SMILES string of the molecule is C=CCN1C(=O)[C@@H](CC(=O)Nc2ccc(C(C)C)cc2)SC1=Nc1ccc(C(C)C)cc1. The van der Waals surface area contributed by atoms with Gasteiger partial charge in [-0.2, -0.15) is 0 Å². The summed E-state index contributed by atoms with van der Waals surface area (Å²) in [5, 5.41) is 3.00. The molecular formula is C26H31N3O2S. The number of thioether (sulfide) groups is 1. The Morgan fingerprint density at radius 2 is 1.62 bits per heavy atom. The second kappa shape index (κ2) is 10.6. The molecule has 2 aromatic carbocycles. The molecule has 0 unspecified atom stereocenters. The van der Waals surface area contributed by atoms with E-state index in [4.69, 9.17) is 0 Å². The Kier molecular flexibility index (Phi) is 7.91. The highest BCUT2D eigenvalue weighted by molar-refractivity contribution is 8.15. The number of amidine groups is 1. The normalized spacial score (nSPS) is 17.4. The van der Waals surface area contributed by atoms with Crippen molar-refractivity contribution in [1.29, 1.82) is 0 Å². The van der Waals surface area contributed by atoms with Gasteiger partial charge in [-0.15, -0.1) is 6.58 Å². The Morgan fingerprint density at radius 3 is 2.16 bits per heavy atom. The van der Waals surface area contributed by atoms with Crippen LogP contribution in [0.15, 0.2) is 66.2 Å². The van der Waals surface area contributed by atoms with Crippen molar-refractivity contribution in [3.63, 3.8) is 0 Å². The van der Waals surface area contributed by atoms with Gasteiger partial charge in [0, 0.05) is 18.7 Å². The first-order valence-corrected chi connectivity index (χ1v) is 11.8. The smallest absolute Gasteiger partial charge is 0.242 e. The monoisotopic (exact) mass is 449 g/mol. The summed E-state index contributed by atoms with van der Waals surface area (Å²) in [6, 6.07) is 15.8. The van der Waals surface area contributed by atoms with Crippen molar-refractivity contribution < 1.29 is 9.59 Å². The molecule has 0 spiro atoms. The number of aliphatic imine (C=N–C) groups is 1. The van der Waals surface area contributed by atoms with Crippen LogP contribution in [0.5, 0.6) is 0 Å². The summed E-state index contributed by atoms with van der Waals surface area (Å²) >= 11 is 1.34. The summed E-state index contributed by atoms with van der Waals surface area (Å²) in [5.41, 5.74) is 3.97. The molecule has 1 saturated heterocycles. The predicted octanol–water partition coefficient (Wildman–Crippen LogP) is 6.08. The molecule has 0 aliphatic carbocycles. The lowest BCUT2D eigenvalue weighted by atomic mass is 10.0. The molecule has 1 aliphatic rings. The van der Waals surface area contributed by atoms with Crippen molar-refractivity contribution in [3.8, 4) is 0 Å². The number of nitrogens with zero attached hydrogens (tertiary/aromatic N) is 2. The van der Waals surface area contributed by atoms with Gasteiger partial charge >= 0.3 is 0 Å². The molecule has 1 heterocycles. The second-order valence-electron chi connectivity index (χ2n) is 8.51. The molecular weight excluding hydrogens is 418 g/mol. The quantitative estimate of drug-likeness (QED) is 0.497. The Hall–Kier alpha value is -2.86. The standard InChI is InChI=1S/C26H31N3O2S/c1-6-15-29-25(31)23(16-24(30)27-21-11-7-19(8-12-21)17(2)3)32-26(29)28-22-13-9-20(10-14-22)18(4)5/h6-14,17-18,23H,1,15-16H2,2-5H3,(H,27,30)/t23-/m1/s1. The van der Waals surface area contributed by atoms with Crippen molar-refractivity contribution in [2.45, 2.75) is 51.2 Å². The Labute approximate surface area is 195 Å². The molecule has 1 N–H and O–H groups in total. The fourth-order valence-electron chi connectivity index (χ4n) is 3.40. The number of benzene rings is 2. The van der Waals surface area contributed by atoms with Crippen LogP contribution in [0.3, 0.4) is 0 Å². The number of anilines is 1. The van der Waals surface area contributed by atoms with Crippen LogP contribution >= 0.6 is 11.8 Å². The summed E-state index contributed by atoms with van der Waals surface area (Å²) in [5.74, 6) is 0.579. The molecule has 168 valence electrons. The van der Waals surface area contributed by atoms with Gasteiger partial charge in [0.1, 0.15) is 5.25 Å². The first kappa shape index (κ1) is 23.8. The summed E-state index contributed by atoms with van der Waals surface area (Å²) in [4.78, 5) is 31.8. The van der Waals surface area contributed by atoms with E-state index in [-0.39, 0.29) is 18.2 Å². The molecule has 2 amide bonds. The van der Waals surface area contributed by atoms with Crippen molar-refractivity contribution >= 4 is 40.1 Å². The zero-order valence-electron chi connectivity index (χ0n) is 19.2. The number of carbonyl (C=O) groups is 2. The molecule has 0 bridgehead atoms. The molecule has 2 aromatic rings. The third kappa shape index (κ3) is 5.88. The summed E-state index contributed by atoms with van der Waals surface area (Å²) < 4.78 is 0. The molecule has 5 nitrogen and oxygen atoms in total. The fourth-order valence-corrected chi connectivity index (χ4v) is 4.57. The third-order valence-corrected chi connectivity index (χ3v) is 6.52. The molecule has 1 aliphatic heterocycles. The average molecular weight is 450 g/mol. The van der Waals surface area contributed by atoms with Crippen LogP contribution in [0, 0.1) is 0 Å². The zero-order valence-corrected chi connectivity index (χ0v) is 20.0. The molecule has 1 fully saturated rings. The first-order chi connectivity index (χ1) is 15.3. The second-order valence-corrected chi connectivity index (χ2v) is 9.68. The van der Waals surface area contributed by atoms with Gasteiger partial charge in [-0.05, 0) is 47.2 Å². The van der Waals surface area contributed by atoms with Crippen molar-refractivity contribution in [2.24, 2.45) is 4.99 Å². The number of amides is 2. The number of hydrogen-bond donors (Lipinski definition) is 1. The molecule has 0 saturated carbocycles. The van der Waals surface area contributed by atoms with Crippen LogP contribution < -0.4 is 5.32 Å². The van der Waals surface area contributed by atoms with Gasteiger partial charge in [-0.25, -0.2) is 4.99 Å². The maximum Gasteiger partial charge on any atom is 0.242 e. The first-order valence-electron chi connectivity index (χ1n) is 11.0. The van der Waals surface area contributed by atoms with Gasteiger partial charge in [-0.1, -0.05) is 69.8 Å². The predicted molar refractivity (Wildman–Crippen MR) is 135 cm³/mol. The summed E-state index contributed by atoms with van der Waals surface area (Å²) in [6.07, 6.45) is 1.77. The highest BCUT2D eigenvalue weighted by Gasteiger charge is 2.38. The van der Waals surface area contributed by atoms with Crippen LogP contribution in [-0.2, 0) is 9.59 Å². The van der Waals surface area contributed by atoms with E-state index < -0.39 is 5.25 Å². The van der Waals surface area contributed by atoms with Crippen LogP contribution in [0.1, 0.15) is 57.1 Å². The van der Waals surface area contributed by atoms with Crippen molar-refractivity contribution in [2.75, 3.05) is 11.9 Å². The minimum Gasteiger partial charge on any atom is -0.326 e. The van der Waals surface area contributed by atoms with E-state index in [9.17, 15) is 9.59 Å². The van der Waals surface area contributed by atoms with E-state index in [0.717, 1.165) is 11.4 Å². The molecule has 0 radical (unpaired) electrons. The van der Waals surface area contributed by atoms with Gasteiger partial charge in [0.2, 0.25) is 11.8 Å². The maximum atomic E-state index is 12.9. The molecule has 0 aromatic heterocycles. The topological polar surface area (TPSA) is 61.8 Å². The van der Waals surface area contributed by atoms with Crippen LogP contribution in [0.25, 0.3) is 0 Å². The van der Waals surface area contributed by atoms with E-state index in [2.05, 4.69) is 56.7 Å². The molecule has 3 rings (SSSR count). The van der Waals surface area contributed by atoms with Crippen LogP contribution in [-0.4, -0.2) is 33.7 Å². The van der Waals surface area contributed by atoms with Gasteiger partial charge < -0.3 is 5.32 Å². The van der Waals surface area contributed by atoms with Crippen molar-refractivity contribution in [3.05, 3.63) is 72.3 Å². The van der Waals surface area contributed by atoms with Crippen molar-refractivity contribution in [1.82, 2.24) is 4.90 Å². The van der Waals surface area contributed by atoms with Gasteiger partial charge in [-0.3, -0.25) is 14.5 Å². The maximum absolute atomic E-state index is 12.9. The third-order valence-electron chi connectivity index (χ3n) is 5.35. The Balaban J connectivity index is 1.70. The van der Waals surface area contributed by atoms with E-state index in [1.807, 2.05) is 36.4 Å². The summed E-state index contributed by atoms with van der Waals surface area (Å²) in [7, 11) is 0. The highest BCUT2D eigenvalue weighted by Crippen LogP contribution is 2.32. The van der Waals surface area contributed by atoms with Crippen LogP contribution in [0.4, 0.5) is 11.4 Å². The summed E-state index contributed by atoms with van der Waals surface area (Å²) in [6.45, 7) is 12.7. The van der Waals surface area contributed by atoms with E-state index in [0.29, 0.717) is 23.5 Å². The number of nitrogens with one attached hydrogen (secondary N) is 1. The zero-order chi connectivity index (χ0) is 23.3. The molecule has 6 heteroatoms. The van der Waals surface area contributed by atoms with E-state index >= 15 is 0 Å². The van der Waals surface area contributed by atoms with Crippen LogP contribution in [0.2, 0.25) is 0 Å². The van der Waals surface area contributed by atoms with Gasteiger partial charge in [0.15, 0.2) is 5.17 Å². The molecule has 32 heavy (non-hydrogen) atoms. The molecule has 1 atom stereocenters. The minimum absolute atomic E-state index is 0.0916. The Bertz CT molecular complexity index is 995. The van der Waals surface area contributed by atoms with E-state index in [1.165, 1.54) is 22.9 Å². The lowest BCUT2D eigenvalue weighted by Gasteiger charge is -2.14. The van der Waals surface area contributed by atoms with Gasteiger partial charge in [0.05, 0.1) is 5.69 Å². The highest BCUT2D eigenvalue weighted by atomic mass is 32.2. The largest absolute Gasteiger partial charge is 0.326 e. The number of rotatable bonds is 8. The fraction of sp³-hybridized carbons (Fsp3) is 0.346. The van der Waals surface area contributed by atoms with E-state index in [1.54, 1.807) is 11.0 Å². The van der Waals surface area contributed by atoms with Gasteiger partial charge in [0.25, 0.3) is 0 Å². The lowest BCUT2D eigenvalue weighted by molar-refractivity contribution is -0.127. The Morgan fingerprint density at radius 1 is 1.06 bits per heavy atom. The average Bonchev–Trinajstić information content (AvgIpc) is 3.03. The number of hydrogen-bond acceptors (Lipinski definition) is 4.